The average Bonchev–Trinajstić information content (AvgIpc) is 2.70. The van der Waals surface area contributed by atoms with Crippen LogP contribution in [0.15, 0.2) is 6.33 Å². The molecule has 3 N–H and O–H groups in total. The highest BCUT2D eigenvalue weighted by molar-refractivity contribution is 5.76. The number of aromatic nitrogens is 4. The Bertz CT molecular complexity index is 308. The van der Waals surface area contributed by atoms with Crippen LogP contribution in [-0.2, 0) is 11.3 Å². The van der Waals surface area contributed by atoms with E-state index in [0.29, 0.717) is 0 Å². The molecule has 0 aliphatic carbocycles. The molecule has 8 heteroatoms. The van der Waals surface area contributed by atoms with E-state index in [9.17, 15) is 4.79 Å². The second-order valence-electron chi connectivity index (χ2n) is 3.43. The van der Waals surface area contributed by atoms with Crippen LogP contribution in [0.25, 0.3) is 0 Å². The Labute approximate surface area is 85.9 Å². The molecular formula is C7H13N5O3. The zero-order valence-electron chi connectivity index (χ0n) is 8.29. The van der Waals surface area contributed by atoms with Gasteiger partial charge >= 0.3 is 0 Å². The molecule has 1 aromatic heterocycles. The van der Waals surface area contributed by atoms with Crippen molar-refractivity contribution in [3.8, 4) is 0 Å². The van der Waals surface area contributed by atoms with E-state index < -0.39 is 5.54 Å². The lowest BCUT2D eigenvalue weighted by Crippen LogP contribution is -2.52. The number of hydrogen-bond acceptors (Lipinski definition) is 6. The number of nitrogens with one attached hydrogen (secondary N) is 1. The van der Waals surface area contributed by atoms with E-state index in [1.807, 2.05) is 0 Å². The second kappa shape index (κ2) is 4.80. The lowest BCUT2D eigenvalue weighted by atomic mass is 10.1. The third-order valence-electron chi connectivity index (χ3n) is 1.84. The topological polar surface area (TPSA) is 113 Å². The van der Waals surface area contributed by atoms with E-state index in [1.54, 1.807) is 0 Å². The van der Waals surface area contributed by atoms with Crippen molar-refractivity contribution in [2.24, 2.45) is 0 Å². The summed E-state index contributed by atoms with van der Waals surface area (Å²) in [5.74, 6) is -0.382. The molecule has 84 valence electrons. The maximum absolute atomic E-state index is 11.4. The minimum atomic E-state index is -1.02. The number of hydrogen-bond donors (Lipinski definition) is 3. The summed E-state index contributed by atoms with van der Waals surface area (Å²) in [5, 5.41) is 30.6. The largest absolute Gasteiger partial charge is 0.394 e. The van der Waals surface area contributed by atoms with E-state index in [2.05, 4.69) is 20.8 Å². The average molecular weight is 215 g/mol. The van der Waals surface area contributed by atoms with Crippen molar-refractivity contribution in [1.82, 2.24) is 25.5 Å². The molecule has 0 saturated carbocycles. The summed E-state index contributed by atoms with van der Waals surface area (Å²) in [4.78, 5) is 11.4. The number of tetrazole rings is 1. The Morgan fingerprint density at radius 1 is 1.53 bits per heavy atom. The van der Waals surface area contributed by atoms with Gasteiger partial charge in [-0.05, 0) is 17.4 Å². The number of aliphatic hydroxyl groups excluding tert-OH is 2. The molecule has 1 aromatic rings. The predicted octanol–water partition coefficient (Wildman–Crippen LogP) is -2.47. The fourth-order valence-electron chi connectivity index (χ4n) is 0.905. The molecular weight excluding hydrogens is 202 g/mol. The van der Waals surface area contributed by atoms with Crippen molar-refractivity contribution in [1.29, 1.82) is 0 Å². The zero-order valence-corrected chi connectivity index (χ0v) is 8.29. The highest BCUT2D eigenvalue weighted by atomic mass is 16.3. The second-order valence-corrected chi connectivity index (χ2v) is 3.43. The molecule has 0 spiro atoms. The van der Waals surface area contributed by atoms with Crippen LogP contribution in [0.5, 0.6) is 0 Å². The van der Waals surface area contributed by atoms with Crippen molar-refractivity contribution in [2.45, 2.75) is 19.0 Å². The van der Waals surface area contributed by atoms with Gasteiger partial charge in [0.15, 0.2) is 0 Å². The summed E-state index contributed by atoms with van der Waals surface area (Å²) >= 11 is 0. The van der Waals surface area contributed by atoms with Crippen molar-refractivity contribution >= 4 is 5.91 Å². The van der Waals surface area contributed by atoms with Gasteiger partial charge in [0.25, 0.3) is 0 Å². The smallest absolute Gasteiger partial charge is 0.242 e. The third-order valence-corrected chi connectivity index (χ3v) is 1.84. The number of aliphatic hydroxyl groups is 2. The Kier molecular flexibility index (Phi) is 3.69. The fourth-order valence-corrected chi connectivity index (χ4v) is 0.905. The predicted molar refractivity (Wildman–Crippen MR) is 48.5 cm³/mol. The summed E-state index contributed by atoms with van der Waals surface area (Å²) in [7, 11) is 0. The minimum absolute atomic E-state index is 0.0530. The molecule has 15 heavy (non-hydrogen) atoms. The first-order chi connectivity index (χ1) is 7.09. The van der Waals surface area contributed by atoms with Crippen molar-refractivity contribution < 1.29 is 15.0 Å². The fraction of sp³-hybridized carbons (Fsp3) is 0.714. The van der Waals surface area contributed by atoms with Gasteiger partial charge < -0.3 is 15.5 Å². The summed E-state index contributed by atoms with van der Waals surface area (Å²) in [5.41, 5.74) is -1.02. The number of carbonyl (C=O) groups is 1. The molecule has 1 rings (SSSR count). The quantitative estimate of drug-likeness (QED) is 0.501. The van der Waals surface area contributed by atoms with E-state index >= 15 is 0 Å². The van der Waals surface area contributed by atoms with Gasteiger partial charge in [0.2, 0.25) is 5.91 Å². The van der Waals surface area contributed by atoms with Gasteiger partial charge in [-0.25, -0.2) is 4.68 Å². The Hall–Kier alpha value is -1.54. The minimum Gasteiger partial charge on any atom is -0.394 e. The highest BCUT2D eigenvalue weighted by Crippen LogP contribution is 2.00. The number of nitrogens with zero attached hydrogens (tertiary/aromatic N) is 4. The first-order valence-corrected chi connectivity index (χ1v) is 4.33. The van der Waals surface area contributed by atoms with Gasteiger partial charge in [0, 0.05) is 0 Å². The van der Waals surface area contributed by atoms with Gasteiger partial charge in [-0.15, -0.1) is 5.10 Å². The normalized spacial score (nSPS) is 11.4. The maximum atomic E-state index is 11.4. The Morgan fingerprint density at radius 3 is 2.67 bits per heavy atom. The number of amides is 1. The molecule has 0 saturated heterocycles. The van der Waals surface area contributed by atoms with E-state index in [1.165, 1.54) is 17.9 Å². The van der Waals surface area contributed by atoms with Crippen LogP contribution in [0.4, 0.5) is 0 Å². The SMILES string of the molecule is CC(CO)(CO)NC(=O)Cn1cnnn1. The van der Waals surface area contributed by atoms with Gasteiger partial charge in [-0.3, -0.25) is 4.79 Å². The number of rotatable bonds is 5. The van der Waals surface area contributed by atoms with Crippen LogP contribution in [0.1, 0.15) is 6.92 Å². The Balaban J connectivity index is 2.49. The molecule has 0 aliphatic rings. The molecule has 1 amide bonds. The van der Waals surface area contributed by atoms with Crippen LogP contribution >= 0.6 is 0 Å². The van der Waals surface area contributed by atoms with Crippen molar-refractivity contribution in [2.75, 3.05) is 13.2 Å². The summed E-state index contributed by atoms with van der Waals surface area (Å²) < 4.78 is 1.24. The standard InChI is InChI=1S/C7H13N5O3/c1-7(3-13,4-14)9-6(15)2-12-5-8-10-11-12/h5,13-14H,2-4H2,1H3,(H,9,15). The van der Waals surface area contributed by atoms with Crippen molar-refractivity contribution in [3.63, 3.8) is 0 Å². The van der Waals surface area contributed by atoms with Crippen LogP contribution < -0.4 is 5.32 Å². The van der Waals surface area contributed by atoms with Crippen LogP contribution in [0.2, 0.25) is 0 Å². The summed E-state index contributed by atoms with van der Waals surface area (Å²) in [6.45, 7) is 0.794. The zero-order chi connectivity index (χ0) is 11.3. The van der Waals surface area contributed by atoms with Crippen LogP contribution in [0.3, 0.4) is 0 Å². The third kappa shape index (κ3) is 3.26. The van der Waals surface area contributed by atoms with E-state index in [0.717, 1.165) is 0 Å². The van der Waals surface area contributed by atoms with Crippen molar-refractivity contribution in [3.05, 3.63) is 6.33 Å². The van der Waals surface area contributed by atoms with E-state index in [4.69, 9.17) is 10.2 Å². The lowest BCUT2D eigenvalue weighted by molar-refractivity contribution is -0.124. The number of carbonyl (C=O) groups excluding carboxylic acids is 1. The summed E-state index contributed by atoms with van der Waals surface area (Å²) in [6.07, 6.45) is 1.30. The highest BCUT2D eigenvalue weighted by Gasteiger charge is 2.24. The molecule has 0 unspecified atom stereocenters. The Morgan fingerprint density at radius 2 is 2.20 bits per heavy atom. The molecule has 0 fully saturated rings. The molecule has 0 aliphatic heterocycles. The van der Waals surface area contributed by atoms with Gasteiger partial charge in [-0.1, -0.05) is 0 Å². The molecule has 8 nitrogen and oxygen atoms in total. The van der Waals surface area contributed by atoms with Crippen LogP contribution in [0, 0.1) is 0 Å². The summed E-state index contributed by atoms with van der Waals surface area (Å²) in [6, 6.07) is 0. The molecule has 0 radical (unpaired) electrons. The van der Waals surface area contributed by atoms with E-state index in [-0.39, 0.29) is 25.7 Å². The molecule has 0 bridgehead atoms. The van der Waals surface area contributed by atoms with Gasteiger partial charge in [0.05, 0.1) is 18.8 Å². The molecule has 1 heterocycles. The monoisotopic (exact) mass is 215 g/mol. The van der Waals surface area contributed by atoms with Gasteiger partial charge in [0.1, 0.15) is 12.9 Å². The van der Waals surface area contributed by atoms with Gasteiger partial charge in [-0.2, -0.15) is 0 Å². The first kappa shape index (κ1) is 11.5. The molecule has 0 aromatic carbocycles. The lowest BCUT2D eigenvalue weighted by Gasteiger charge is -2.25. The van der Waals surface area contributed by atoms with Crippen LogP contribution in [-0.4, -0.2) is 55.1 Å². The maximum Gasteiger partial charge on any atom is 0.242 e. The first-order valence-electron chi connectivity index (χ1n) is 4.33. The molecule has 0 atom stereocenters.